The molecular weight excluding hydrogens is 194 g/mol. The molecule has 2 atom stereocenters. The van der Waals surface area contributed by atoms with Gasteiger partial charge in [0.1, 0.15) is 0 Å². The van der Waals surface area contributed by atoms with Crippen molar-refractivity contribution in [3.05, 3.63) is 0 Å². The van der Waals surface area contributed by atoms with Crippen LogP contribution < -0.4 is 5.32 Å². The van der Waals surface area contributed by atoms with Crippen molar-refractivity contribution in [3.63, 3.8) is 0 Å². The highest BCUT2D eigenvalue weighted by Crippen LogP contribution is 2.38. The first-order chi connectivity index (χ1) is 7.18. The second-order valence-electron chi connectivity index (χ2n) is 4.66. The topological polar surface area (TPSA) is 66.4 Å². The van der Waals surface area contributed by atoms with Gasteiger partial charge in [0.15, 0.2) is 0 Å². The number of carbonyl (C=O) groups is 2. The molecule has 0 aromatic carbocycles. The Morgan fingerprint density at radius 2 is 2.00 bits per heavy atom. The molecule has 0 bridgehead atoms. The molecule has 4 nitrogen and oxygen atoms in total. The summed E-state index contributed by atoms with van der Waals surface area (Å²) >= 11 is 0. The van der Waals surface area contributed by atoms with E-state index in [0.717, 1.165) is 12.3 Å². The highest BCUT2D eigenvalue weighted by Gasteiger charge is 2.48. The Morgan fingerprint density at radius 3 is 2.53 bits per heavy atom. The number of carboxylic acids is 1. The van der Waals surface area contributed by atoms with Gasteiger partial charge in [0.05, 0.1) is 11.8 Å². The molecule has 1 amide bonds. The van der Waals surface area contributed by atoms with E-state index in [1.54, 1.807) is 0 Å². The van der Waals surface area contributed by atoms with Gasteiger partial charge in [0, 0.05) is 6.54 Å². The van der Waals surface area contributed by atoms with Crippen LogP contribution in [0.2, 0.25) is 0 Å². The highest BCUT2D eigenvalue weighted by molar-refractivity contribution is 5.89. The van der Waals surface area contributed by atoms with Crippen LogP contribution in [0.3, 0.4) is 0 Å². The fourth-order valence-electron chi connectivity index (χ4n) is 1.90. The van der Waals surface area contributed by atoms with E-state index >= 15 is 0 Å². The zero-order chi connectivity index (χ0) is 10.8. The lowest BCUT2D eigenvalue weighted by Gasteiger charge is -2.03. The molecule has 15 heavy (non-hydrogen) atoms. The number of carboxylic acid groups (broad SMARTS) is 1. The van der Waals surface area contributed by atoms with Gasteiger partial charge in [0.25, 0.3) is 0 Å². The molecule has 0 spiro atoms. The van der Waals surface area contributed by atoms with Gasteiger partial charge >= 0.3 is 5.97 Å². The molecule has 0 saturated heterocycles. The summed E-state index contributed by atoms with van der Waals surface area (Å²) in [4.78, 5) is 21.9. The van der Waals surface area contributed by atoms with Gasteiger partial charge in [0.2, 0.25) is 5.91 Å². The van der Waals surface area contributed by atoms with Crippen LogP contribution in [-0.2, 0) is 9.59 Å². The maximum atomic E-state index is 11.4. The summed E-state index contributed by atoms with van der Waals surface area (Å²) < 4.78 is 0. The van der Waals surface area contributed by atoms with Gasteiger partial charge in [-0.1, -0.05) is 12.8 Å². The Bertz CT molecular complexity index is 273. The van der Waals surface area contributed by atoms with Gasteiger partial charge in [-0.25, -0.2) is 0 Å². The molecule has 2 aliphatic rings. The second-order valence-corrected chi connectivity index (χ2v) is 4.66. The van der Waals surface area contributed by atoms with Crippen molar-refractivity contribution >= 4 is 11.9 Å². The molecule has 2 fully saturated rings. The Labute approximate surface area is 89.0 Å². The maximum absolute atomic E-state index is 11.4. The minimum atomic E-state index is -0.840. The molecule has 0 aromatic rings. The van der Waals surface area contributed by atoms with Crippen molar-refractivity contribution in [2.24, 2.45) is 17.8 Å². The first-order valence-electron chi connectivity index (χ1n) is 5.69. The number of carbonyl (C=O) groups excluding carboxylic acids is 1. The summed E-state index contributed by atoms with van der Waals surface area (Å²) in [5.41, 5.74) is 0. The van der Waals surface area contributed by atoms with Crippen molar-refractivity contribution in [1.82, 2.24) is 5.32 Å². The number of amides is 1. The molecule has 0 radical (unpaired) electrons. The number of aliphatic carboxylic acids is 1. The van der Waals surface area contributed by atoms with Crippen LogP contribution in [0.25, 0.3) is 0 Å². The van der Waals surface area contributed by atoms with Gasteiger partial charge in [-0.2, -0.15) is 0 Å². The van der Waals surface area contributed by atoms with Gasteiger partial charge < -0.3 is 10.4 Å². The summed E-state index contributed by atoms with van der Waals surface area (Å²) in [6.07, 6.45) is 5.44. The van der Waals surface area contributed by atoms with E-state index < -0.39 is 11.9 Å². The Kier molecular flexibility index (Phi) is 2.93. The maximum Gasteiger partial charge on any atom is 0.307 e. The highest BCUT2D eigenvalue weighted by atomic mass is 16.4. The third-order valence-electron chi connectivity index (χ3n) is 3.23. The summed E-state index contributed by atoms with van der Waals surface area (Å²) in [6, 6.07) is 0. The standard InChI is InChI=1S/C11H17NO3/c13-10(8-6-9(8)11(14)15)12-5-1-2-7-3-4-7/h7-9H,1-6H2,(H,12,13)(H,14,15)/t8-,9+/m1/s1. The smallest absolute Gasteiger partial charge is 0.307 e. The average Bonchev–Trinajstić information content (AvgIpc) is 3.00. The normalized spacial score (nSPS) is 28.5. The molecule has 84 valence electrons. The minimum absolute atomic E-state index is 0.0711. The fourth-order valence-corrected chi connectivity index (χ4v) is 1.90. The Hall–Kier alpha value is -1.06. The van der Waals surface area contributed by atoms with Crippen LogP contribution in [0.5, 0.6) is 0 Å². The van der Waals surface area contributed by atoms with Crippen LogP contribution in [-0.4, -0.2) is 23.5 Å². The number of nitrogens with one attached hydrogen (secondary N) is 1. The van der Waals surface area contributed by atoms with Crippen molar-refractivity contribution in [2.45, 2.75) is 32.1 Å². The average molecular weight is 211 g/mol. The summed E-state index contributed by atoms with van der Waals surface area (Å²) in [5, 5.41) is 11.5. The monoisotopic (exact) mass is 211 g/mol. The first-order valence-corrected chi connectivity index (χ1v) is 5.69. The van der Waals surface area contributed by atoms with Crippen LogP contribution >= 0.6 is 0 Å². The zero-order valence-electron chi connectivity index (χ0n) is 8.74. The number of rotatable bonds is 6. The van der Waals surface area contributed by atoms with Crippen LogP contribution in [0.4, 0.5) is 0 Å². The molecule has 0 aliphatic heterocycles. The lowest BCUT2D eigenvalue weighted by atomic mass is 10.2. The van der Waals surface area contributed by atoms with E-state index in [0.29, 0.717) is 13.0 Å². The van der Waals surface area contributed by atoms with E-state index in [1.165, 1.54) is 19.3 Å². The summed E-state index contributed by atoms with van der Waals surface area (Å²) in [5.74, 6) is -0.697. The molecular formula is C11H17NO3. The van der Waals surface area contributed by atoms with Gasteiger partial charge in [-0.3, -0.25) is 9.59 Å². The van der Waals surface area contributed by atoms with E-state index in [1.807, 2.05) is 0 Å². The molecule has 2 N–H and O–H groups in total. The summed E-state index contributed by atoms with van der Waals surface area (Å²) in [6.45, 7) is 0.707. The Morgan fingerprint density at radius 1 is 1.27 bits per heavy atom. The van der Waals surface area contributed by atoms with Crippen LogP contribution in [0, 0.1) is 17.8 Å². The molecule has 2 rings (SSSR count). The second kappa shape index (κ2) is 4.21. The molecule has 0 heterocycles. The van der Waals surface area contributed by atoms with Crippen molar-refractivity contribution < 1.29 is 14.7 Å². The zero-order valence-corrected chi connectivity index (χ0v) is 8.74. The number of hydrogen-bond acceptors (Lipinski definition) is 2. The van der Waals surface area contributed by atoms with Crippen LogP contribution in [0.15, 0.2) is 0 Å². The van der Waals surface area contributed by atoms with E-state index in [9.17, 15) is 9.59 Å². The lowest BCUT2D eigenvalue weighted by molar-refractivity contribution is -0.140. The van der Waals surface area contributed by atoms with E-state index in [-0.39, 0.29) is 11.8 Å². The van der Waals surface area contributed by atoms with Gasteiger partial charge in [-0.15, -0.1) is 0 Å². The van der Waals surface area contributed by atoms with Gasteiger partial charge in [-0.05, 0) is 25.2 Å². The molecule has 4 heteroatoms. The molecule has 0 unspecified atom stereocenters. The van der Waals surface area contributed by atoms with E-state index in [4.69, 9.17) is 5.11 Å². The Balaban J connectivity index is 1.55. The molecule has 0 aromatic heterocycles. The third-order valence-corrected chi connectivity index (χ3v) is 3.23. The number of hydrogen-bond donors (Lipinski definition) is 2. The lowest BCUT2D eigenvalue weighted by Crippen LogP contribution is -2.27. The van der Waals surface area contributed by atoms with E-state index in [2.05, 4.69) is 5.32 Å². The fraction of sp³-hybridized carbons (Fsp3) is 0.818. The largest absolute Gasteiger partial charge is 0.481 e. The van der Waals surface area contributed by atoms with Crippen molar-refractivity contribution in [2.75, 3.05) is 6.54 Å². The third kappa shape index (κ3) is 2.94. The first kappa shape index (κ1) is 10.5. The van der Waals surface area contributed by atoms with Crippen LogP contribution in [0.1, 0.15) is 32.1 Å². The van der Waals surface area contributed by atoms with Crippen molar-refractivity contribution in [1.29, 1.82) is 0 Å². The predicted octanol–water partition coefficient (Wildman–Crippen LogP) is 1.01. The molecule has 2 saturated carbocycles. The predicted molar refractivity (Wildman–Crippen MR) is 54.2 cm³/mol. The minimum Gasteiger partial charge on any atom is -0.481 e. The SMILES string of the molecule is O=C(O)[C@H]1C[C@H]1C(=O)NCCCC1CC1. The molecule has 2 aliphatic carbocycles. The summed E-state index contributed by atoms with van der Waals surface area (Å²) in [7, 11) is 0. The quantitative estimate of drug-likeness (QED) is 0.644. The van der Waals surface area contributed by atoms with Crippen molar-refractivity contribution in [3.8, 4) is 0 Å².